The third-order valence-corrected chi connectivity index (χ3v) is 5.64. The molecule has 35 heavy (non-hydrogen) atoms. The molecule has 0 saturated heterocycles. The van der Waals surface area contributed by atoms with Crippen LogP contribution in [0.4, 0.5) is 18.9 Å². The summed E-state index contributed by atoms with van der Waals surface area (Å²) in [5.74, 6) is 4.33. The molecular weight excluding hydrogens is 489 g/mol. The summed E-state index contributed by atoms with van der Waals surface area (Å²) in [5.41, 5.74) is 0.644. The van der Waals surface area contributed by atoms with E-state index in [-0.39, 0.29) is 33.0 Å². The topological polar surface area (TPSA) is 104 Å². The van der Waals surface area contributed by atoms with Crippen molar-refractivity contribution in [1.82, 2.24) is 4.98 Å². The first-order valence-electron chi connectivity index (χ1n) is 9.63. The van der Waals surface area contributed by atoms with Crippen LogP contribution in [0.2, 0.25) is 0 Å². The molecule has 1 aromatic heterocycles. The standard InChI is InChI=1S/C23H17F3N2O6S/c1-32-21-12-17(22(29)33-2)8-9-20(21)28-35(30,31)19-11-16(13-27-14-19)7-6-15-4-3-5-18(10-15)34-23(24,25)26/h3-5,8-14,28H,1-2H3. The molecule has 0 spiro atoms. The number of pyridine rings is 1. The fraction of sp³-hybridized carbons (Fsp3) is 0.130. The van der Waals surface area contributed by atoms with Crippen LogP contribution in [-0.4, -0.2) is 40.0 Å². The molecule has 0 radical (unpaired) electrons. The SMILES string of the molecule is COC(=O)c1ccc(NS(=O)(=O)c2cncc(C#Cc3cccc(OC(F)(F)F)c3)c2)c(OC)c1. The molecule has 8 nitrogen and oxygen atoms in total. The molecule has 0 saturated carbocycles. The zero-order valence-corrected chi connectivity index (χ0v) is 19.0. The maximum Gasteiger partial charge on any atom is 0.573 e. The highest BCUT2D eigenvalue weighted by atomic mass is 32.2. The third-order valence-electron chi connectivity index (χ3n) is 4.31. The van der Waals surface area contributed by atoms with Gasteiger partial charge in [-0.1, -0.05) is 17.9 Å². The van der Waals surface area contributed by atoms with Gasteiger partial charge in [-0.05, 0) is 42.5 Å². The molecule has 182 valence electrons. The van der Waals surface area contributed by atoms with Crippen LogP contribution in [0.15, 0.2) is 65.8 Å². The minimum absolute atomic E-state index is 0.0677. The van der Waals surface area contributed by atoms with Crippen molar-refractivity contribution >= 4 is 21.7 Å². The first-order chi connectivity index (χ1) is 16.5. The molecule has 0 bridgehead atoms. The van der Waals surface area contributed by atoms with Crippen molar-refractivity contribution in [2.24, 2.45) is 0 Å². The molecule has 12 heteroatoms. The number of alkyl halides is 3. The third kappa shape index (κ3) is 6.87. The zero-order valence-electron chi connectivity index (χ0n) is 18.2. The monoisotopic (exact) mass is 506 g/mol. The van der Waals surface area contributed by atoms with E-state index in [2.05, 4.69) is 31.0 Å². The second kappa shape index (κ2) is 10.4. The molecule has 3 aromatic rings. The summed E-state index contributed by atoms with van der Waals surface area (Å²) < 4.78 is 79.0. The summed E-state index contributed by atoms with van der Waals surface area (Å²) in [7, 11) is -1.62. The predicted octanol–water partition coefficient (Wildman–Crippen LogP) is 3.98. The Morgan fingerprint density at radius 1 is 1.00 bits per heavy atom. The van der Waals surface area contributed by atoms with Gasteiger partial charge in [0, 0.05) is 23.5 Å². The maximum atomic E-state index is 12.9. The van der Waals surface area contributed by atoms with Crippen molar-refractivity contribution in [2.75, 3.05) is 18.9 Å². The summed E-state index contributed by atoms with van der Waals surface area (Å²) in [6.45, 7) is 0. The maximum absolute atomic E-state index is 12.9. The Balaban J connectivity index is 1.84. The molecule has 0 unspecified atom stereocenters. The first kappa shape index (κ1) is 25.4. The van der Waals surface area contributed by atoms with Crippen LogP contribution in [0.3, 0.4) is 0 Å². The number of nitrogens with zero attached hydrogens (tertiary/aromatic N) is 1. The predicted molar refractivity (Wildman–Crippen MR) is 118 cm³/mol. The lowest BCUT2D eigenvalue weighted by Gasteiger charge is -2.13. The number of methoxy groups -OCH3 is 2. The second-order valence-electron chi connectivity index (χ2n) is 6.75. The van der Waals surface area contributed by atoms with Gasteiger partial charge in [0.2, 0.25) is 0 Å². The smallest absolute Gasteiger partial charge is 0.495 e. The number of carbonyl (C=O) groups excluding carboxylic acids is 1. The van der Waals surface area contributed by atoms with Gasteiger partial charge >= 0.3 is 12.3 Å². The molecule has 2 aromatic carbocycles. The van der Waals surface area contributed by atoms with Gasteiger partial charge in [0.05, 0.1) is 25.5 Å². The number of anilines is 1. The van der Waals surface area contributed by atoms with E-state index in [4.69, 9.17) is 4.74 Å². The quantitative estimate of drug-likeness (QED) is 0.399. The molecule has 0 fully saturated rings. The molecular formula is C23H17F3N2O6S. The van der Waals surface area contributed by atoms with E-state index in [1.54, 1.807) is 0 Å². The Hall–Kier alpha value is -4.24. The Morgan fingerprint density at radius 2 is 1.74 bits per heavy atom. The van der Waals surface area contributed by atoms with E-state index >= 15 is 0 Å². The Bertz CT molecular complexity index is 1410. The van der Waals surface area contributed by atoms with E-state index in [9.17, 15) is 26.4 Å². The van der Waals surface area contributed by atoms with Crippen molar-refractivity contribution in [1.29, 1.82) is 0 Å². The summed E-state index contributed by atoms with van der Waals surface area (Å²) in [6.07, 6.45) is -2.44. The van der Waals surface area contributed by atoms with E-state index in [1.165, 1.54) is 56.8 Å². The first-order valence-corrected chi connectivity index (χ1v) is 11.1. The van der Waals surface area contributed by atoms with E-state index in [1.807, 2.05) is 0 Å². The van der Waals surface area contributed by atoms with Crippen LogP contribution in [0.1, 0.15) is 21.5 Å². The molecule has 1 heterocycles. The van der Waals surface area contributed by atoms with Crippen LogP contribution in [0.5, 0.6) is 11.5 Å². The van der Waals surface area contributed by atoms with Crippen LogP contribution in [0, 0.1) is 11.8 Å². The highest BCUT2D eigenvalue weighted by molar-refractivity contribution is 7.92. The summed E-state index contributed by atoms with van der Waals surface area (Å²) in [4.78, 5) is 15.3. The number of nitrogens with one attached hydrogen (secondary N) is 1. The Kier molecular flexibility index (Phi) is 7.51. The Labute approximate surface area is 198 Å². The van der Waals surface area contributed by atoms with Crippen molar-refractivity contribution < 1.29 is 40.6 Å². The van der Waals surface area contributed by atoms with Crippen molar-refractivity contribution in [3.05, 3.63) is 77.6 Å². The summed E-state index contributed by atoms with van der Waals surface area (Å²) >= 11 is 0. The van der Waals surface area contributed by atoms with Crippen molar-refractivity contribution in [3.8, 4) is 23.3 Å². The van der Waals surface area contributed by atoms with E-state index in [0.717, 1.165) is 18.3 Å². The molecule has 0 aliphatic carbocycles. The van der Waals surface area contributed by atoms with Gasteiger partial charge in [-0.2, -0.15) is 0 Å². The van der Waals surface area contributed by atoms with Gasteiger partial charge in [-0.3, -0.25) is 9.71 Å². The number of halogens is 3. The number of hydrogen-bond donors (Lipinski definition) is 1. The summed E-state index contributed by atoms with van der Waals surface area (Å²) in [5, 5.41) is 0. The fourth-order valence-corrected chi connectivity index (χ4v) is 3.83. The van der Waals surface area contributed by atoms with Crippen LogP contribution in [-0.2, 0) is 14.8 Å². The molecule has 0 atom stereocenters. The minimum Gasteiger partial charge on any atom is -0.495 e. The highest BCUT2D eigenvalue weighted by Gasteiger charge is 2.31. The van der Waals surface area contributed by atoms with Gasteiger partial charge in [0.1, 0.15) is 16.4 Å². The second-order valence-corrected chi connectivity index (χ2v) is 8.43. The normalized spacial score (nSPS) is 11.1. The zero-order chi connectivity index (χ0) is 25.6. The molecule has 0 amide bonds. The van der Waals surface area contributed by atoms with E-state index in [0.29, 0.717) is 0 Å². The van der Waals surface area contributed by atoms with Crippen LogP contribution in [0.25, 0.3) is 0 Å². The number of aromatic nitrogens is 1. The minimum atomic E-state index is -4.84. The van der Waals surface area contributed by atoms with Crippen molar-refractivity contribution in [2.45, 2.75) is 11.3 Å². The van der Waals surface area contributed by atoms with Gasteiger partial charge in [-0.25, -0.2) is 13.2 Å². The lowest BCUT2D eigenvalue weighted by Crippen LogP contribution is -2.17. The summed E-state index contributed by atoms with van der Waals surface area (Å²) in [6, 6.07) is 10.3. The van der Waals surface area contributed by atoms with E-state index < -0.39 is 28.1 Å². The molecule has 1 N–H and O–H groups in total. The lowest BCUT2D eigenvalue weighted by molar-refractivity contribution is -0.274. The number of esters is 1. The number of sulfonamides is 1. The molecule has 0 aliphatic rings. The molecule has 3 rings (SSSR count). The average Bonchev–Trinajstić information content (AvgIpc) is 2.81. The van der Waals surface area contributed by atoms with Gasteiger partial charge in [-0.15, -0.1) is 13.2 Å². The fourth-order valence-electron chi connectivity index (χ4n) is 2.77. The van der Waals surface area contributed by atoms with Crippen LogP contribution >= 0.6 is 0 Å². The largest absolute Gasteiger partial charge is 0.573 e. The van der Waals surface area contributed by atoms with Gasteiger partial charge < -0.3 is 14.2 Å². The number of rotatable bonds is 6. The highest BCUT2D eigenvalue weighted by Crippen LogP contribution is 2.28. The van der Waals surface area contributed by atoms with Crippen molar-refractivity contribution in [3.63, 3.8) is 0 Å². The number of ether oxygens (including phenoxy) is 3. The Morgan fingerprint density at radius 3 is 2.43 bits per heavy atom. The molecule has 0 aliphatic heterocycles. The number of hydrogen-bond acceptors (Lipinski definition) is 7. The number of benzene rings is 2. The average molecular weight is 506 g/mol. The van der Waals surface area contributed by atoms with Gasteiger partial charge in [0.15, 0.2) is 0 Å². The van der Waals surface area contributed by atoms with Crippen LogP contribution < -0.4 is 14.2 Å². The number of carbonyl (C=O) groups is 1. The van der Waals surface area contributed by atoms with Gasteiger partial charge in [0.25, 0.3) is 10.0 Å². The lowest BCUT2D eigenvalue weighted by atomic mass is 10.2.